The van der Waals surface area contributed by atoms with Gasteiger partial charge >= 0.3 is 12.2 Å². The van der Waals surface area contributed by atoms with E-state index >= 15 is 0 Å². The molecule has 1 saturated carbocycles. The Hall–Kier alpha value is -3.11. The van der Waals surface area contributed by atoms with Gasteiger partial charge in [0.1, 0.15) is 23.5 Å². The van der Waals surface area contributed by atoms with Gasteiger partial charge < -0.3 is 29.9 Å². The van der Waals surface area contributed by atoms with Crippen molar-refractivity contribution in [3.8, 4) is 0 Å². The first-order valence-electron chi connectivity index (χ1n) is 17.9. The van der Waals surface area contributed by atoms with Crippen molar-refractivity contribution in [2.24, 2.45) is 17.3 Å². The average molecular weight is 703 g/mol. The third kappa shape index (κ3) is 7.65. The van der Waals surface area contributed by atoms with Crippen molar-refractivity contribution in [2.75, 3.05) is 13.2 Å². The number of carbonyl (C=O) groups excluding carboxylic acids is 4. The van der Waals surface area contributed by atoms with Gasteiger partial charge in [0.15, 0.2) is 0 Å². The second-order valence-corrected chi connectivity index (χ2v) is 19.1. The normalized spacial score (nSPS) is 31.0. The number of amides is 4. The van der Waals surface area contributed by atoms with Crippen molar-refractivity contribution in [2.45, 2.75) is 136 Å². The Bertz CT molecular complexity index is 1490. The molecule has 5 rings (SSSR count). The zero-order valence-corrected chi connectivity index (χ0v) is 31.0. The number of aryl methyl sites for hydroxylation is 1. The van der Waals surface area contributed by atoms with Crippen LogP contribution in [0.3, 0.4) is 0 Å². The molecule has 3 heterocycles. The molecule has 4 amide bonds. The monoisotopic (exact) mass is 702 g/mol. The lowest BCUT2D eigenvalue weighted by atomic mass is 9.85. The number of ether oxygens (including phenoxy) is 2. The van der Waals surface area contributed by atoms with E-state index in [0.717, 1.165) is 36.8 Å². The van der Waals surface area contributed by atoms with Gasteiger partial charge in [-0.2, -0.15) is 0 Å². The number of alkyl carbamates (subject to hydrolysis) is 1. The molecule has 0 aromatic heterocycles. The summed E-state index contributed by atoms with van der Waals surface area (Å²) in [4.78, 5) is 69.4. The molecule has 1 saturated heterocycles. The number of cyclic esters (lactones) is 1. The van der Waals surface area contributed by atoms with Crippen LogP contribution in [0, 0.1) is 17.3 Å². The Balaban J connectivity index is 1.45. The predicted molar refractivity (Wildman–Crippen MR) is 185 cm³/mol. The predicted octanol–water partition coefficient (Wildman–Crippen LogP) is 5.53. The Morgan fingerprint density at radius 2 is 1.88 bits per heavy atom. The third-order valence-corrected chi connectivity index (χ3v) is 14.1. The van der Waals surface area contributed by atoms with E-state index in [1.165, 1.54) is 10.5 Å². The summed E-state index contributed by atoms with van der Waals surface area (Å²) in [5.74, 6) is -1.14. The first-order chi connectivity index (χ1) is 23.0. The molecular formula is C36H55N4O8P. The van der Waals surface area contributed by atoms with Crippen LogP contribution in [0.4, 0.5) is 9.59 Å². The molecule has 0 spiro atoms. The third-order valence-electron chi connectivity index (χ3n) is 10.9. The Morgan fingerprint density at radius 3 is 2.53 bits per heavy atom. The highest BCUT2D eigenvalue weighted by Gasteiger charge is 2.67. The van der Waals surface area contributed by atoms with Crippen LogP contribution in [0.25, 0.3) is 0 Å². The molecule has 1 aromatic carbocycles. The highest BCUT2D eigenvalue weighted by atomic mass is 31.2. The lowest BCUT2D eigenvalue weighted by Crippen LogP contribution is -2.58. The van der Waals surface area contributed by atoms with Gasteiger partial charge in [-0.15, -0.1) is 0 Å². The lowest BCUT2D eigenvalue weighted by Gasteiger charge is -2.36. The van der Waals surface area contributed by atoms with E-state index in [2.05, 4.69) is 16.7 Å². The van der Waals surface area contributed by atoms with Gasteiger partial charge in [0, 0.05) is 25.2 Å². The lowest BCUT2D eigenvalue weighted by molar-refractivity contribution is -0.142. The summed E-state index contributed by atoms with van der Waals surface area (Å²) < 4.78 is 25.2. The fraction of sp³-hybridized carbons (Fsp3) is 0.722. The van der Waals surface area contributed by atoms with Crippen molar-refractivity contribution in [1.29, 1.82) is 0 Å². The van der Waals surface area contributed by atoms with Gasteiger partial charge in [-0.1, -0.05) is 79.5 Å². The number of hydrogen-bond acceptors (Lipinski definition) is 7. The van der Waals surface area contributed by atoms with Crippen molar-refractivity contribution < 1.29 is 38.1 Å². The summed E-state index contributed by atoms with van der Waals surface area (Å²) in [6.07, 6.45) is 2.60. The van der Waals surface area contributed by atoms with E-state index in [4.69, 9.17) is 9.47 Å². The highest BCUT2D eigenvalue weighted by Crippen LogP contribution is 2.72. The average Bonchev–Trinajstić information content (AvgIpc) is 3.35. The van der Waals surface area contributed by atoms with E-state index in [0.29, 0.717) is 25.9 Å². The van der Waals surface area contributed by atoms with Crippen LogP contribution in [-0.2, 0) is 43.1 Å². The summed E-state index contributed by atoms with van der Waals surface area (Å²) in [5, 5.41) is 4.41. The molecule has 2 fully saturated rings. The molecule has 1 aromatic rings. The fourth-order valence-electron chi connectivity index (χ4n) is 7.71. The van der Waals surface area contributed by atoms with Gasteiger partial charge in [0.05, 0.1) is 13.2 Å². The minimum absolute atomic E-state index is 0.0124. The largest absolute Gasteiger partial charge is 0.449 e. The molecule has 49 heavy (non-hydrogen) atoms. The summed E-state index contributed by atoms with van der Waals surface area (Å²) in [7, 11) is -3.83. The fourth-order valence-corrected chi connectivity index (χ4v) is 10.1. The molecule has 4 bridgehead atoms. The number of rotatable bonds is 5. The molecule has 1 unspecified atom stereocenters. The smallest absolute Gasteiger partial charge is 0.410 e. The second-order valence-electron chi connectivity index (χ2n) is 16.0. The van der Waals surface area contributed by atoms with E-state index < -0.39 is 65.9 Å². The van der Waals surface area contributed by atoms with E-state index in [-0.39, 0.29) is 31.4 Å². The Morgan fingerprint density at radius 1 is 1.16 bits per heavy atom. The molecule has 7 atom stereocenters. The van der Waals surface area contributed by atoms with Crippen LogP contribution in [0.5, 0.6) is 0 Å². The summed E-state index contributed by atoms with van der Waals surface area (Å²) in [5.41, 5.74) is 2.08. The zero-order valence-electron chi connectivity index (χ0n) is 30.1. The number of benzene rings is 1. The molecule has 272 valence electrons. The Kier molecular flexibility index (Phi) is 10.8. The van der Waals surface area contributed by atoms with Crippen molar-refractivity contribution in [1.82, 2.24) is 20.4 Å². The van der Waals surface area contributed by atoms with Crippen LogP contribution >= 0.6 is 7.37 Å². The van der Waals surface area contributed by atoms with E-state index in [1.54, 1.807) is 18.7 Å². The van der Waals surface area contributed by atoms with Crippen LogP contribution in [0.15, 0.2) is 18.2 Å². The first kappa shape index (κ1) is 37.2. The summed E-state index contributed by atoms with van der Waals surface area (Å²) in [6, 6.07) is 4.00. The maximum Gasteiger partial charge on any atom is 0.410 e. The second kappa shape index (κ2) is 14.3. The highest BCUT2D eigenvalue weighted by molar-refractivity contribution is 7.60. The number of fused-ring (bicyclic) bond motifs is 3. The maximum atomic E-state index is 14.4. The van der Waals surface area contributed by atoms with Crippen molar-refractivity contribution >= 4 is 31.4 Å². The molecule has 12 nitrogen and oxygen atoms in total. The van der Waals surface area contributed by atoms with Gasteiger partial charge in [0.25, 0.3) is 0 Å². The SMILES string of the molecule is CC[C@@H]1C[C@]1(NC(=O)[C@@H]1C[C@@H]2CN1C(=O)[C@H](C(C)(C)C)NC(=O)OC[C@@H](C)CCCCc1cccc3c1CN(C3)C(=O)O2)P(=O)(O)C(C)C. The minimum atomic E-state index is -3.83. The van der Waals surface area contributed by atoms with Gasteiger partial charge in [-0.3, -0.25) is 19.1 Å². The summed E-state index contributed by atoms with van der Waals surface area (Å²) >= 11 is 0. The number of nitrogens with one attached hydrogen (secondary N) is 2. The standard InChI is InChI=1S/C36H55N4O8P/c1-8-26-17-36(26,49(45,46)22(2)3)38-31(41)29-16-27-19-40(29)32(42)30(35(5,6)7)37-33(43)47-21-23(4)12-9-10-13-24-14-11-15-25-18-39(20-28(24)25)34(44)48-27/h11,14-15,22-23,26-27,29-30H,8-10,12-13,16-21H2,1-7H3,(H,37,43)(H,38,41)(H,45,46)/t23-,26+,27+,29-,30+,36-/m0/s1. The van der Waals surface area contributed by atoms with Gasteiger partial charge in [-0.25, -0.2) is 9.59 Å². The molecule has 3 aliphatic heterocycles. The van der Waals surface area contributed by atoms with Crippen LogP contribution in [0.2, 0.25) is 0 Å². The molecule has 4 aliphatic rings. The minimum Gasteiger partial charge on any atom is -0.449 e. The zero-order chi connectivity index (χ0) is 35.9. The quantitative estimate of drug-likeness (QED) is 0.339. The van der Waals surface area contributed by atoms with E-state index in [9.17, 15) is 28.6 Å². The number of nitrogens with zero attached hydrogens (tertiary/aromatic N) is 2. The molecule has 1 aliphatic carbocycles. The van der Waals surface area contributed by atoms with Crippen molar-refractivity contribution in [3.05, 3.63) is 34.9 Å². The summed E-state index contributed by atoms with van der Waals surface area (Å²) in [6.45, 7) is 13.7. The van der Waals surface area contributed by atoms with Gasteiger partial charge in [0.2, 0.25) is 19.2 Å². The molecule has 3 N–H and O–H groups in total. The van der Waals surface area contributed by atoms with E-state index in [1.807, 2.05) is 46.8 Å². The molecule has 13 heteroatoms. The van der Waals surface area contributed by atoms with Crippen LogP contribution < -0.4 is 10.6 Å². The molecular weight excluding hydrogens is 647 g/mol. The first-order valence-corrected chi connectivity index (χ1v) is 19.6. The molecule has 0 radical (unpaired) electrons. The Labute approximate surface area is 290 Å². The van der Waals surface area contributed by atoms with Crippen molar-refractivity contribution in [3.63, 3.8) is 0 Å². The van der Waals surface area contributed by atoms with Gasteiger partial charge in [-0.05, 0) is 59.6 Å². The van der Waals surface area contributed by atoms with Crippen LogP contribution in [-0.4, -0.2) is 81.0 Å². The topological polar surface area (TPSA) is 155 Å². The number of carbonyl (C=O) groups is 4. The number of hydrogen-bond donors (Lipinski definition) is 3. The van der Waals surface area contributed by atoms with Crippen LogP contribution in [0.1, 0.15) is 104 Å². The maximum absolute atomic E-state index is 14.4.